The van der Waals surface area contributed by atoms with E-state index in [0.29, 0.717) is 0 Å². The molecule has 0 bridgehead atoms. The van der Waals surface area contributed by atoms with Gasteiger partial charge in [0, 0.05) is 6.42 Å². The third-order valence-electron chi connectivity index (χ3n) is 3.28. The van der Waals surface area contributed by atoms with Gasteiger partial charge in [-0.25, -0.2) is 0 Å². The lowest BCUT2D eigenvalue weighted by Gasteiger charge is -2.25. The minimum atomic E-state index is -1.79. The van der Waals surface area contributed by atoms with Crippen molar-refractivity contribution >= 4 is 12.3 Å². The van der Waals surface area contributed by atoms with Gasteiger partial charge in [0.25, 0.3) is 0 Å². The van der Waals surface area contributed by atoms with Crippen LogP contribution in [0.5, 0.6) is 0 Å². The number of aliphatic hydroxyl groups is 4. The highest BCUT2D eigenvalue weighted by molar-refractivity contribution is 5.73. The second kappa shape index (κ2) is 9.82. The van der Waals surface area contributed by atoms with E-state index in [1.807, 2.05) is 13.8 Å². The van der Waals surface area contributed by atoms with Crippen molar-refractivity contribution in [2.24, 2.45) is 5.92 Å². The van der Waals surface area contributed by atoms with E-state index in [0.717, 1.165) is 12.8 Å². The zero-order chi connectivity index (χ0) is 15.7. The molecule has 0 heterocycles. The largest absolute Gasteiger partial charge is 0.452 e. The average molecular weight is 292 g/mol. The van der Waals surface area contributed by atoms with Crippen LogP contribution >= 0.6 is 0 Å². The second-order valence-corrected chi connectivity index (χ2v) is 4.71. The fourth-order valence-electron chi connectivity index (χ4n) is 1.72. The topological polar surface area (TPSA) is 124 Å². The summed E-state index contributed by atoms with van der Waals surface area (Å²) < 4.78 is 4.80. The summed E-state index contributed by atoms with van der Waals surface area (Å²) in [5.41, 5.74) is 0. The zero-order valence-electron chi connectivity index (χ0n) is 11.8. The molecule has 0 unspecified atom stereocenters. The lowest BCUT2D eigenvalue weighted by atomic mass is 9.99. The number of rotatable bonds is 10. The Kier molecular flexibility index (Phi) is 9.32. The molecule has 0 saturated heterocycles. The molecule has 4 N–H and O–H groups in total. The Labute approximate surface area is 118 Å². The first-order valence-electron chi connectivity index (χ1n) is 6.70. The third kappa shape index (κ3) is 5.96. The van der Waals surface area contributed by atoms with E-state index >= 15 is 0 Å². The molecule has 0 aliphatic heterocycles. The van der Waals surface area contributed by atoms with Gasteiger partial charge in [0.05, 0.1) is 6.61 Å². The van der Waals surface area contributed by atoms with Crippen LogP contribution in [0.25, 0.3) is 0 Å². The molecule has 0 aliphatic carbocycles. The summed E-state index contributed by atoms with van der Waals surface area (Å²) in [7, 11) is 0. The molecule has 0 saturated carbocycles. The van der Waals surface area contributed by atoms with Crippen LogP contribution < -0.4 is 0 Å². The van der Waals surface area contributed by atoms with Crippen molar-refractivity contribution in [3.05, 3.63) is 0 Å². The summed E-state index contributed by atoms with van der Waals surface area (Å²) in [5.74, 6) is -0.527. The molecule has 0 rings (SSSR count). The summed E-state index contributed by atoms with van der Waals surface area (Å²) >= 11 is 0. The van der Waals surface area contributed by atoms with Crippen molar-refractivity contribution in [3.63, 3.8) is 0 Å². The summed E-state index contributed by atoms with van der Waals surface area (Å²) in [6.45, 7) is 3.06. The number of carbonyl (C=O) groups excluding carboxylic acids is 2. The van der Waals surface area contributed by atoms with Crippen molar-refractivity contribution in [1.82, 2.24) is 0 Å². The third-order valence-corrected chi connectivity index (χ3v) is 3.28. The maximum absolute atomic E-state index is 11.6. The van der Waals surface area contributed by atoms with Gasteiger partial charge in [-0.15, -0.1) is 0 Å². The average Bonchev–Trinajstić information content (AvgIpc) is 2.47. The van der Waals surface area contributed by atoms with E-state index in [4.69, 9.17) is 9.84 Å². The molecule has 4 atom stereocenters. The van der Waals surface area contributed by atoms with Gasteiger partial charge in [-0.2, -0.15) is 0 Å². The first kappa shape index (κ1) is 19.0. The lowest BCUT2D eigenvalue weighted by Crippen LogP contribution is -2.48. The van der Waals surface area contributed by atoms with Crippen LogP contribution in [0.2, 0.25) is 0 Å². The van der Waals surface area contributed by atoms with Gasteiger partial charge in [-0.3, -0.25) is 9.59 Å². The first-order valence-corrected chi connectivity index (χ1v) is 6.70. The van der Waals surface area contributed by atoms with Gasteiger partial charge in [-0.05, 0) is 5.92 Å². The van der Waals surface area contributed by atoms with E-state index in [-0.39, 0.29) is 18.6 Å². The molecular formula is C13H24O7. The van der Waals surface area contributed by atoms with Crippen molar-refractivity contribution < 1.29 is 34.8 Å². The second-order valence-electron chi connectivity index (χ2n) is 4.71. The minimum Gasteiger partial charge on any atom is -0.452 e. The van der Waals surface area contributed by atoms with E-state index in [1.165, 1.54) is 0 Å². The molecule has 0 aliphatic rings. The highest BCUT2D eigenvalue weighted by atomic mass is 16.6. The summed E-state index contributed by atoms with van der Waals surface area (Å²) in [4.78, 5) is 22.5. The van der Waals surface area contributed by atoms with Crippen LogP contribution in [-0.4, -0.2) is 63.7 Å². The van der Waals surface area contributed by atoms with Gasteiger partial charge >= 0.3 is 5.97 Å². The Bertz CT molecular complexity index is 290. The van der Waals surface area contributed by atoms with Crippen molar-refractivity contribution in [1.29, 1.82) is 0 Å². The van der Waals surface area contributed by atoms with Crippen LogP contribution in [0.1, 0.15) is 33.1 Å². The number of hydrogen-bond donors (Lipinski definition) is 4. The van der Waals surface area contributed by atoms with Crippen molar-refractivity contribution in [3.8, 4) is 0 Å². The summed E-state index contributed by atoms with van der Waals surface area (Å²) in [6, 6.07) is 0. The van der Waals surface area contributed by atoms with E-state index in [9.17, 15) is 24.9 Å². The van der Waals surface area contributed by atoms with Gasteiger partial charge in [0.15, 0.2) is 12.4 Å². The normalized spacial score (nSPS) is 17.4. The van der Waals surface area contributed by atoms with Gasteiger partial charge in [-0.1, -0.05) is 26.7 Å². The Balaban J connectivity index is 4.53. The molecule has 118 valence electrons. The maximum atomic E-state index is 11.6. The van der Waals surface area contributed by atoms with Crippen LogP contribution in [0.3, 0.4) is 0 Å². The molecule has 0 aromatic heterocycles. The van der Waals surface area contributed by atoms with E-state index < -0.39 is 37.0 Å². The molecule has 0 spiro atoms. The number of carbonyl (C=O) groups is 2. The molecule has 0 aromatic rings. The first-order chi connectivity index (χ1) is 9.40. The quantitative estimate of drug-likeness (QED) is 0.300. The predicted octanol–water partition coefficient (Wildman–Crippen LogP) is -1.00. The molecule has 0 aromatic carbocycles. The smallest absolute Gasteiger partial charge is 0.306 e. The number of aldehydes is 1. The van der Waals surface area contributed by atoms with E-state index in [2.05, 4.69) is 0 Å². The Morgan fingerprint density at radius 3 is 2.10 bits per heavy atom. The number of aliphatic hydroxyl groups excluding tert-OH is 4. The van der Waals surface area contributed by atoms with E-state index in [1.54, 1.807) is 0 Å². The number of ether oxygens (including phenoxy) is 1. The molecule has 0 fully saturated rings. The molecule has 0 amide bonds. The summed E-state index contributed by atoms with van der Waals surface area (Å²) in [5, 5.41) is 36.9. The standard InChI is InChI=1S/C13H24O7/c1-3-8(4-2)5-11(17)20-10(7-15)13(19)12(18)9(16)6-14/h7-10,12-14,16,18-19H,3-6H2,1-2H3/t9-,10+,12-,13-/m1/s1. The Hall–Kier alpha value is -1.02. The van der Waals surface area contributed by atoms with Gasteiger partial charge < -0.3 is 25.2 Å². The highest BCUT2D eigenvalue weighted by Crippen LogP contribution is 2.15. The van der Waals surface area contributed by atoms with Crippen molar-refractivity contribution in [2.75, 3.05) is 6.61 Å². The fourth-order valence-corrected chi connectivity index (χ4v) is 1.72. The minimum absolute atomic E-state index is 0.114. The SMILES string of the molecule is CCC(CC)CC(=O)O[C@@H](C=O)[C@@H](O)[C@H](O)[C@H](O)CO. The predicted molar refractivity (Wildman–Crippen MR) is 69.7 cm³/mol. The van der Waals surface area contributed by atoms with Crippen molar-refractivity contribution in [2.45, 2.75) is 57.5 Å². The fraction of sp³-hybridized carbons (Fsp3) is 0.846. The molecule has 7 nitrogen and oxygen atoms in total. The molecule has 0 radical (unpaired) electrons. The molecular weight excluding hydrogens is 268 g/mol. The van der Waals surface area contributed by atoms with Crippen LogP contribution in [0.15, 0.2) is 0 Å². The van der Waals surface area contributed by atoms with Crippen LogP contribution in [0, 0.1) is 5.92 Å². The van der Waals surface area contributed by atoms with Crippen LogP contribution in [0.4, 0.5) is 0 Å². The summed E-state index contributed by atoms with van der Waals surface area (Å²) in [6.07, 6.45) is -4.90. The maximum Gasteiger partial charge on any atom is 0.306 e. The van der Waals surface area contributed by atoms with Gasteiger partial charge in [0.1, 0.15) is 18.3 Å². The van der Waals surface area contributed by atoms with Crippen LogP contribution in [-0.2, 0) is 14.3 Å². The lowest BCUT2D eigenvalue weighted by molar-refractivity contribution is -0.169. The molecule has 7 heteroatoms. The Morgan fingerprint density at radius 1 is 1.15 bits per heavy atom. The zero-order valence-corrected chi connectivity index (χ0v) is 11.8. The number of hydrogen-bond acceptors (Lipinski definition) is 7. The number of esters is 1. The molecule has 20 heavy (non-hydrogen) atoms. The Morgan fingerprint density at radius 2 is 1.70 bits per heavy atom. The highest BCUT2D eigenvalue weighted by Gasteiger charge is 2.33. The monoisotopic (exact) mass is 292 g/mol. The van der Waals surface area contributed by atoms with Gasteiger partial charge in [0.2, 0.25) is 0 Å².